The van der Waals surface area contributed by atoms with E-state index in [1.165, 1.54) is 6.20 Å². The number of aryl methyl sites for hydroxylation is 1. The van der Waals surface area contributed by atoms with Crippen LogP contribution in [0.2, 0.25) is 5.02 Å². The first-order chi connectivity index (χ1) is 9.47. The van der Waals surface area contributed by atoms with Gasteiger partial charge in [0.1, 0.15) is 5.69 Å². The normalized spacial score (nSPS) is 11.2. The van der Waals surface area contributed by atoms with E-state index in [0.29, 0.717) is 17.3 Å². The maximum Gasteiger partial charge on any atom is 0.188 e. The van der Waals surface area contributed by atoms with Gasteiger partial charge in [-0.25, -0.2) is 4.98 Å². The first-order valence-corrected chi connectivity index (χ1v) is 7.53. The van der Waals surface area contributed by atoms with E-state index in [1.54, 1.807) is 16.0 Å². The minimum atomic E-state index is -0.0449. The van der Waals surface area contributed by atoms with Crippen LogP contribution in [-0.2, 0) is 13.0 Å². The number of halogens is 1. The summed E-state index contributed by atoms with van der Waals surface area (Å²) in [6, 6.07) is 0. The molecule has 2 heterocycles. The Balaban J connectivity index is 2.14. The summed E-state index contributed by atoms with van der Waals surface area (Å²) in [6.07, 6.45) is 1.79. The third-order valence-corrected chi connectivity index (χ3v) is 3.93. The number of thiazole rings is 1. The molecule has 0 saturated heterocycles. The predicted molar refractivity (Wildman–Crippen MR) is 80.7 cm³/mol. The molecule has 0 fully saturated rings. The van der Waals surface area contributed by atoms with Gasteiger partial charge in [0, 0.05) is 11.9 Å². The van der Waals surface area contributed by atoms with Crippen LogP contribution in [0.25, 0.3) is 0 Å². The highest BCUT2D eigenvalue weighted by Gasteiger charge is 2.18. The number of hydrogen-bond acceptors (Lipinski definition) is 5. The van der Waals surface area contributed by atoms with E-state index in [1.807, 2.05) is 31.3 Å². The largest absolute Gasteiger partial charge is 0.308 e. The van der Waals surface area contributed by atoms with Crippen LogP contribution in [-0.4, -0.2) is 46.1 Å². The van der Waals surface area contributed by atoms with E-state index in [9.17, 15) is 4.79 Å². The molecule has 0 radical (unpaired) electrons. The van der Waals surface area contributed by atoms with Crippen molar-refractivity contribution >= 4 is 28.7 Å². The van der Waals surface area contributed by atoms with Gasteiger partial charge >= 0.3 is 0 Å². The molecular weight excluding hydrogens is 296 g/mol. The fourth-order valence-corrected chi connectivity index (χ4v) is 2.70. The monoisotopic (exact) mass is 312 g/mol. The molecule has 2 aromatic rings. The van der Waals surface area contributed by atoms with Crippen molar-refractivity contribution < 1.29 is 4.79 Å². The standard InChI is InChI=1S/C13H17ClN4OS/c1-9-16-10(8-20-9)6-12(19)13-11(14)7-15-18(13)5-4-17(2)3/h7-8H,4-6H2,1-3H3. The summed E-state index contributed by atoms with van der Waals surface area (Å²) in [5.41, 5.74) is 1.26. The van der Waals surface area contributed by atoms with E-state index in [4.69, 9.17) is 11.6 Å². The molecule has 7 heteroatoms. The molecule has 5 nitrogen and oxygen atoms in total. The number of likely N-dealkylation sites (N-methyl/N-ethyl adjacent to an activating group) is 1. The molecule has 0 amide bonds. The maximum atomic E-state index is 12.4. The van der Waals surface area contributed by atoms with Crippen molar-refractivity contribution in [1.29, 1.82) is 0 Å². The fraction of sp³-hybridized carbons (Fsp3) is 0.462. The van der Waals surface area contributed by atoms with Gasteiger partial charge in [-0.05, 0) is 21.0 Å². The summed E-state index contributed by atoms with van der Waals surface area (Å²) in [5, 5.41) is 7.44. The van der Waals surface area contributed by atoms with Crippen molar-refractivity contribution in [3.05, 3.63) is 33.0 Å². The molecule has 0 aliphatic rings. The molecular formula is C13H17ClN4OS. The second-order valence-electron chi connectivity index (χ2n) is 4.83. The van der Waals surface area contributed by atoms with Crippen LogP contribution < -0.4 is 0 Å². The summed E-state index contributed by atoms with van der Waals surface area (Å²) < 4.78 is 1.67. The lowest BCUT2D eigenvalue weighted by Gasteiger charge is -2.11. The van der Waals surface area contributed by atoms with Crippen LogP contribution in [0.1, 0.15) is 21.2 Å². The Morgan fingerprint density at radius 3 is 2.85 bits per heavy atom. The van der Waals surface area contributed by atoms with Gasteiger partial charge in [0.15, 0.2) is 5.78 Å². The molecule has 0 N–H and O–H groups in total. The number of Topliss-reactive ketones (excluding diaryl/α,β-unsaturated/α-hetero) is 1. The quantitative estimate of drug-likeness (QED) is 0.768. The SMILES string of the molecule is Cc1nc(CC(=O)c2c(Cl)cnn2CCN(C)C)cs1. The molecule has 0 atom stereocenters. The van der Waals surface area contributed by atoms with Gasteiger partial charge < -0.3 is 4.90 Å². The zero-order chi connectivity index (χ0) is 14.7. The van der Waals surface area contributed by atoms with E-state index in [2.05, 4.69) is 10.1 Å². The molecule has 0 bridgehead atoms. The first-order valence-electron chi connectivity index (χ1n) is 6.27. The molecule has 2 rings (SSSR count). The summed E-state index contributed by atoms with van der Waals surface area (Å²) in [5.74, 6) is -0.0449. The zero-order valence-corrected chi connectivity index (χ0v) is 13.3. The minimum absolute atomic E-state index is 0.0449. The molecule has 0 aliphatic carbocycles. The van der Waals surface area contributed by atoms with Crippen molar-refractivity contribution in [2.45, 2.75) is 19.9 Å². The zero-order valence-electron chi connectivity index (χ0n) is 11.8. The lowest BCUT2D eigenvalue weighted by molar-refractivity contribution is 0.0981. The molecule has 2 aromatic heterocycles. The minimum Gasteiger partial charge on any atom is -0.308 e. The third-order valence-electron chi connectivity index (χ3n) is 2.83. The highest BCUT2D eigenvalue weighted by atomic mass is 35.5. The van der Waals surface area contributed by atoms with E-state index < -0.39 is 0 Å². The predicted octanol–water partition coefficient (Wildman–Crippen LogP) is 2.29. The van der Waals surface area contributed by atoms with Crippen LogP contribution in [0.5, 0.6) is 0 Å². The third kappa shape index (κ3) is 3.65. The number of ketones is 1. The fourth-order valence-electron chi connectivity index (χ4n) is 1.84. The van der Waals surface area contributed by atoms with E-state index in [0.717, 1.165) is 17.2 Å². The first kappa shape index (κ1) is 15.2. The van der Waals surface area contributed by atoms with Crippen molar-refractivity contribution in [2.75, 3.05) is 20.6 Å². The van der Waals surface area contributed by atoms with Crippen molar-refractivity contribution in [3.8, 4) is 0 Å². The van der Waals surface area contributed by atoms with Gasteiger partial charge in [0.2, 0.25) is 0 Å². The molecule has 0 unspecified atom stereocenters. The summed E-state index contributed by atoms with van der Waals surface area (Å²) in [4.78, 5) is 18.7. The van der Waals surface area contributed by atoms with Crippen molar-refractivity contribution in [3.63, 3.8) is 0 Å². The average molecular weight is 313 g/mol. The lowest BCUT2D eigenvalue weighted by Crippen LogP contribution is -2.22. The van der Waals surface area contributed by atoms with E-state index in [-0.39, 0.29) is 12.2 Å². The van der Waals surface area contributed by atoms with Crippen LogP contribution >= 0.6 is 22.9 Å². The number of rotatable bonds is 6. The molecule has 0 spiro atoms. The molecule has 0 aliphatic heterocycles. The number of carbonyl (C=O) groups excluding carboxylic acids is 1. The number of hydrogen-bond donors (Lipinski definition) is 0. The van der Waals surface area contributed by atoms with Crippen LogP contribution in [0.4, 0.5) is 0 Å². The van der Waals surface area contributed by atoms with Crippen LogP contribution in [0.3, 0.4) is 0 Å². The number of aromatic nitrogens is 3. The Kier molecular flexibility index (Phi) is 4.91. The maximum absolute atomic E-state index is 12.4. The van der Waals surface area contributed by atoms with Gasteiger partial charge in [-0.15, -0.1) is 11.3 Å². The molecule has 108 valence electrons. The summed E-state index contributed by atoms with van der Waals surface area (Å²) in [6.45, 7) is 3.36. The van der Waals surface area contributed by atoms with Gasteiger partial charge in [-0.2, -0.15) is 5.10 Å². The van der Waals surface area contributed by atoms with Gasteiger partial charge in [0.05, 0.1) is 34.9 Å². The summed E-state index contributed by atoms with van der Waals surface area (Å²) >= 11 is 7.63. The Hall–Kier alpha value is -1.24. The van der Waals surface area contributed by atoms with Gasteiger partial charge in [-0.3, -0.25) is 9.48 Å². The van der Waals surface area contributed by atoms with Gasteiger partial charge in [0.25, 0.3) is 0 Å². The van der Waals surface area contributed by atoms with E-state index >= 15 is 0 Å². The lowest BCUT2D eigenvalue weighted by atomic mass is 10.2. The topological polar surface area (TPSA) is 51.0 Å². The average Bonchev–Trinajstić information content (AvgIpc) is 2.93. The van der Waals surface area contributed by atoms with Crippen LogP contribution in [0.15, 0.2) is 11.6 Å². The molecule has 0 saturated carbocycles. The van der Waals surface area contributed by atoms with Crippen molar-refractivity contribution in [2.24, 2.45) is 0 Å². The second-order valence-corrected chi connectivity index (χ2v) is 6.29. The second kappa shape index (κ2) is 6.47. The van der Waals surface area contributed by atoms with Crippen LogP contribution in [0, 0.1) is 6.92 Å². The Bertz CT molecular complexity index is 605. The molecule has 20 heavy (non-hydrogen) atoms. The van der Waals surface area contributed by atoms with Gasteiger partial charge in [-0.1, -0.05) is 11.6 Å². The Morgan fingerprint density at radius 1 is 1.50 bits per heavy atom. The summed E-state index contributed by atoms with van der Waals surface area (Å²) in [7, 11) is 3.95. The molecule has 0 aromatic carbocycles. The highest BCUT2D eigenvalue weighted by molar-refractivity contribution is 7.09. The number of nitrogens with zero attached hydrogens (tertiary/aromatic N) is 4. The number of carbonyl (C=O) groups is 1. The Morgan fingerprint density at radius 2 is 2.25 bits per heavy atom. The Labute approximate surface area is 127 Å². The van der Waals surface area contributed by atoms with Crippen molar-refractivity contribution in [1.82, 2.24) is 19.7 Å². The smallest absolute Gasteiger partial charge is 0.188 e. The highest BCUT2D eigenvalue weighted by Crippen LogP contribution is 2.18.